The van der Waals surface area contributed by atoms with E-state index >= 15 is 0 Å². The summed E-state index contributed by atoms with van der Waals surface area (Å²) in [5.74, 6) is 0.559. The maximum Gasteiger partial charge on any atom is 0.122 e. The largest absolute Gasteiger partial charge is 0.496 e. The fraction of sp³-hybridized carbons (Fsp3) is 0.364. The van der Waals surface area contributed by atoms with E-state index in [-0.39, 0.29) is 5.92 Å². The summed E-state index contributed by atoms with van der Waals surface area (Å²) in [5.41, 5.74) is 1.79. The molecule has 0 spiro atoms. The second-order valence-corrected chi connectivity index (χ2v) is 3.60. The van der Waals surface area contributed by atoms with E-state index in [4.69, 9.17) is 21.6 Å². The molecule has 1 aromatic carbocycles. The number of halogens is 1. The summed E-state index contributed by atoms with van der Waals surface area (Å²) < 4.78 is 5.17. The Kier molecular flexibility index (Phi) is 3.38. The summed E-state index contributed by atoms with van der Waals surface area (Å²) in [6.45, 7) is 3.74. The lowest BCUT2D eigenvalue weighted by Crippen LogP contribution is -1.95. The van der Waals surface area contributed by atoms with E-state index in [1.165, 1.54) is 0 Å². The molecule has 0 N–H and O–H groups in total. The van der Waals surface area contributed by atoms with Crippen molar-refractivity contribution in [3.05, 3.63) is 28.3 Å². The van der Waals surface area contributed by atoms with Crippen LogP contribution in [0, 0.1) is 18.3 Å². The van der Waals surface area contributed by atoms with E-state index < -0.39 is 0 Å². The molecule has 1 rings (SSSR count). The SMILES string of the molecule is COc1cc(C(C)C#N)c(Cl)cc1C. The summed E-state index contributed by atoms with van der Waals surface area (Å²) in [6.07, 6.45) is 0. The highest BCUT2D eigenvalue weighted by atomic mass is 35.5. The summed E-state index contributed by atoms with van der Waals surface area (Å²) in [5, 5.41) is 9.42. The predicted molar refractivity (Wildman–Crippen MR) is 56.8 cm³/mol. The van der Waals surface area contributed by atoms with E-state index in [0.29, 0.717) is 5.02 Å². The van der Waals surface area contributed by atoms with Crippen LogP contribution in [0.1, 0.15) is 24.0 Å². The molecule has 0 fully saturated rings. The minimum atomic E-state index is -0.211. The number of rotatable bonds is 2. The fourth-order valence-corrected chi connectivity index (χ4v) is 1.67. The molecular formula is C11H12ClNO. The zero-order valence-electron chi connectivity index (χ0n) is 8.47. The van der Waals surface area contributed by atoms with Crippen molar-refractivity contribution in [3.8, 4) is 11.8 Å². The van der Waals surface area contributed by atoms with Crippen LogP contribution < -0.4 is 4.74 Å². The highest BCUT2D eigenvalue weighted by Crippen LogP contribution is 2.30. The summed E-state index contributed by atoms with van der Waals surface area (Å²) >= 11 is 6.03. The zero-order chi connectivity index (χ0) is 10.7. The van der Waals surface area contributed by atoms with Crippen LogP contribution in [0.2, 0.25) is 5.02 Å². The summed E-state index contributed by atoms with van der Waals surface area (Å²) in [4.78, 5) is 0. The van der Waals surface area contributed by atoms with Gasteiger partial charge in [0.1, 0.15) is 5.75 Å². The zero-order valence-corrected chi connectivity index (χ0v) is 9.22. The van der Waals surface area contributed by atoms with Gasteiger partial charge in [0.05, 0.1) is 19.1 Å². The molecule has 1 unspecified atom stereocenters. The molecule has 1 atom stereocenters. The first-order chi connectivity index (χ1) is 6.60. The first kappa shape index (κ1) is 10.9. The highest BCUT2D eigenvalue weighted by molar-refractivity contribution is 6.31. The lowest BCUT2D eigenvalue weighted by molar-refractivity contribution is 0.411. The van der Waals surface area contributed by atoms with E-state index in [1.807, 2.05) is 26.0 Å². The molecule has 14 heavy (non-hydrogen) atoms. The molecule has 1 aromatic rings. The van der Waals surface area contributed by atoms with Crippen LogP contribution in [-0.4, -0.2) is 7.11 Å². The normalized spacial score (nSPS) is 11.9. The molecule has 74 valence electrons. The van der Waals surface area contributed by atoms with Crippen molar-refractivity contribution in [1.82, 2.24) is 0 Å². The Morgan fingerprint density at radius 2 is 2.14 bits per heavy atom. The maximum absolute atomic E-state index is 8.80. The number of nitrogens with zero attached hydrogens (tertiary/aromatic N) is 1. The summed E-state index contributed by atoms with van der Waals surface area (Å²) in [6, 6.07) is 5.80. The molecule has 0 amide bonds. The van der Waals surface area contributed by atoms with Gasteiger partial charge in [-0.1, -0.05) is 11.6 Å². The number of aryl methyl sites for hydroxylation is 1. The standard InChI is InChI=1S/C11H12ClNO/c1-7-4-10(12)9(8(2)6-13)5-11(7)14-3/h4-5,8H,1-3H3. The van der Waals surface area contributed by atoms with Crippen LogP contribution in [0.5, 0.6) is 5.75 Å². The van der Waals surface area contributed by atoms with Crippen molar-refractivity contribution in [1.29, 1.82) is 5.26 Å². The van der Waals surface area contributed by atoms with Crippen LogP contribution in [0.15, 0.2) is 12.1 Å². The van der Waals surface area contributed by atoms with Crippen molar-refractivity contribution >= 4 is 11.6 Å². The number of nitriles is 1. The molecular weight excluding hydrogens is 198 g/mol. The van der Waals surface area contributed by atoms with Crippen molar-refractivity contribution in [2.24, 2.45) is 0 Å². The molecule has 0 radical (unpaired) electrons. The van der Waals surface area contributed by atoms with Gasteiger partial charge in [-0.2, -0.15) is 5.26 Å². The monoisotopic (exact) mass is 209 g/mol. The van der Waals surface area contributed by atoms with E-state index in [0.717, 1.165) is 16.9 Å². The van der Waals surface area contributed by atoms with Gasteiger partial charge in [0.15, 0.2) is 0 Å². The molecule has 0 aliphatic rings. The minimum Gasteiger partial charge on any atom is -0.496 e. The average molecular weight is 210 g/mol. The van der Waals surface area contributed by atoms with Gasteiger partial charge in [-0.3, -0.25) is 0 Å². The molecule has 0 aromatic heterocycles. The minimum absolute atomic E-state index is 0.211. The average Bonchev–Trinajstić information content (AvgIpc) is 2.17. The van der Waals surface area contributed by atoms with Crippen molar-refractivity contribution in [3.63, 3.8) is 0 Å². The molecule has 0 saturated heterocycles. The third-order valence-corrected chi connectivity index (χ3v) is 2.50. The van der Waals surface area contributed by atoms with Crippen molar-refractivity contribution < 1.29 is 4.74 Å². The number of methoxy groups -OCH3 is 1. The first-order valence-electron chi connectivity index (χ1n) is 4.33. The summed E-state index contributed by atoms with van der Waals surface area (Å²) in [7, 11) is 1.61. The number of benzene rings is 1. The lowest BCUT2D eigenvalue weighted by atomic mass is 10.0. The third-order valence-electron chi connectivity index (χ3n) is 2.17. The smallest absolute Gasteiger partial charge is 0.122 e. The van der Waals surface area contributed by atoms with Crippen LogP contribution in [-0.2, 0) is 0 Å². The van der Waals surface area contributed by atoms with Gasteiger partial charge in [-0.25, -0.2) is 0 Å². The first-order valence-corrected chi connectivity index (χ1v) is 4.71. The Balaban J connectivity index is 3.25. The van der Waals surface area contributed by atoms with Crippen LogP contribution in [0.3, 0.4) is 0 Å². The molecule has 0 bridgehead atoms. The fourth-order valence-electron chi connectivity index (χ4n) is 1.29. The van der Waals surface area contributed by atoms with Gasteiger partial charge in [-0.15, -0.1) is 0 Å². The second kappa shape index (κ2) is 4.34. The Labute approximate surface area is 89.1 Å². The van der Waals surface area contributed by atoms with Crippen LogP contribution in [0.25, 0.3) is 0 Å². The number of ether oxygens (including phenoxy) is 1. The Morgan fingerprint density at radius 3 is 2.64 bits per heavy atom. The van der Waals surface area contributed by atoms with E-state index in [9.17, 15) is 0 Å². The third kappa shape index (κ3) is 2.00. The molecule has 0 aliphatic carbocycles. The van der Waals surface area contributed by atoms with Gasteiger partial charge < -0.3 is 4.74 Å². The molecule has 0 heterocycles. The van der Waals surface area contributed by atoms with Crippen molar-refractivity contribution in [2.45, 2.75) is 19.8 Å². The predicted octanol–water partition coefficient (Wildman–Crippen LogP) is 3.28. The van der Waals surface area contributed by atoms with Crippen LogP contribution in [0.4, 0.5) is 0 Å². The molecule has 0 saturated carbocycles. The van der Waals surface area contributed by atoms with Crippen LogP contribution >= 0.6 is 11.6 Å². The highest BCUT2D eigenvalue weighted by Gasteiger charge is 2.11. The van der Waals surface area contributed by atoms with Gasteiger partial charge in [-0.05, 0) is 37.1 Å². The molecule has 0 aliphatic heterocycles. The molecule has 3 heteroatoms. The second-order valence-electron chi connectivity index (χ2n) is 3.19. The topological polar surface area (TPSA) is 33.0 Å². The van der Waals surface area contributed by atoms with Gasteiger partial charge in [0, 0.05) is 5.02 Å². The quantitative estimate of drug-likeness (QED) is 0.749. The van der Waals surface area contributed by atoms with E-state index in [2.05, 4.69) is 6.07 Å². The maximum atomic E-state index is 8.80. The number of hydrogen-bond acceptors (Lipinski definition) is 2. The number of hydrogen-bond donors (Lipinski definition) is 0. The van der Waals surface area contributed by atoms with Gasteiger partial charge in [0.2, 0.25) is 0 Å². The van der Waals surface area contributed by atoms with E-state index in [1.54, 1.807) is 7.11 Å². The van der Waals surface area contributed by atoms with Gasteiger partial charge in [0.25, 0.3) is 0 Å². The Bertz CT molecular complexity index is 382. The molecule has 2 nitrogen and oxygen atoms in total. The lowest BCUT2D eigenvalue weighted by Gasteiger charge is -2.11. The van der Waals surface area contributed by atoms with Gasteiger partial charge >= 0.3 is 0 Å². The van der Waals surface area contributed by atoms with Crippen molar-refractivity contribution in [2.75, 3.05) is 7.11 Å². The Morgan fingerprint density at radius 1 is 1.50 bits per heavy atom. The Hall–Kier alpha value is -1.20.